The number of ether oxygens (including phenoxy) is 4. The number of rotatable bonds is 83. The van der Waals surface area contributed by atoms with Gasteiger partial charge in [0.05, 0.1) is 26.4 Å². The van der Waals surface area contributed by atoms with Gasteiger partial charge in [0.2, 0.25) is 0 Å². The molecule has 0 amide bonds. The lowest BCUT2D eigenvalue weighted by Gasteiger charge is -2.21. The maximum Gasteiger partial charge on any atom is 0.472 e. The van der Waals surface area contributed by atoms with Crippen molar-refractivity contribution in [3.63, 3.8) is 0 Å². The molecule has 0 bridgehead atoms. The maximum absolute atomic E-state index is 13.1. The van der Waals surface area contributed by atoms with E-state index in [0.717, 1.165) is 108 Å². The van der Waals surface area contributed by atoms with Crippen LogP contribution in [0.5, 0.6) is 0 Å². The van der Waals surface area contributed by atoms with Crippen LogP contribution in [-0.4, -0.2) is 96.7 Å². The van der Waals surface area contributed by atoms with Gasteiger partial charge in [-0.25, -0.2) is 9.13 Å². The van der Waals surface area contributed by atoms with Crippen LogP contribution in [0.25, 0.3) is 0 Å². The second-order valence-corrected chi connectivity index (χ2v) is 34.7. The first-order valence-electron chi connectivity index (χ1n) is 43.9. The molecule has 17 nitrogen and oxygen atoms in total. The molecule has 0 spiro atoms. The predicted molar refractivity (Wildman–Crippen MR) is 428 cm³/mol. The van der Waals surface area contributed by atoms with Gasteiger partial charge in [0.25, 0.3) is 0 Å². The molecule has 6 atom stereocenters. The fraction of sp³-hybridized carbons (Fsp3) is 0.953. The number of carbonyl (C=O) groups is 4. The average molecular weight is 1520 g/mol. The minimum atomic E-state index is -4.97. The Balaban J connectivity index is 5.23. The molecule has 19 heteroatoms. The van der Waals surface area contributed by atoms with Crippen molar-refractivity contribution in [1.82, 2.24) is 0 Å². The number of esters is 4. The van der Waals surface area contributed by atoms with Crippen LogP contribution in [0.2, 0.25) is 0 Å². The molecule has 104 heavy (non-hydrogen) atoms. The highest BCUT2D eigenvalue weighted by Crippen LogP contribution is 2.45. The molecule has 0 saturated heterocycles. The Morgan fingerprint density at radius 1 is 0.279 bits per heavy atom. The summed E-state index contributed by atoms with van der Waals surface area (Å²) < 4.78 is 68.8. The van der Waals surface area contributed by atoms with Gasteiger partial charge in [0.15, 0.2) is 12.2 Å². The third-order valence-corrected chi connectivity index (χ3v) is 22.1. The van der Waals surface area contributed by atoms with Gasteiger partial charge >= 0.3 is 39.5 Å². The molecular weight excluding hydrogens is 1350 g/mol. The highest BCUT2D eigenvalue weighted by molar-refractivity contribution is 7.47. The summed E-state index contributed by atoms with van der Waals surface area (Å²) in [6, 6.07) is 0. The fourth-order valence-corrected chi connectivity index (χ4v) is 14.7. The van der Waals surface area contributed by atoms with E-state index in [9.17, 15) is 43.2 Å². The molecule has 3 N–H and O–H groups in total. The normalized spacial score (nSPS) is 14.2. The van der Waals surface area contributed by atoms with Gasteiger partial charge < -0.3 is 33.8 Å². The summed E-state index contributed by atoms with van der Waals surface area (Å²) >= 11 is 0. The number of aliphatic hydroxyl groups excluding tert-OH is 1. The number of phosphoric acid groups is 2. The van der Waals surface area contributed by atoms with E-state index in [1.54, 1.807) is 0 Å². The van der Waals surface area contributed by atoms with E-state index in [1.165, 1.54) is 257 Å². The van der Waals surface area contributed by atoms with Gasteiger partial charge in [0, 0.05) is 25.7 Å². The third kappa shape index (κ3) is 76.8. The number of unbranched alkanes of at least 4 members (excludes halogenated alkanes) is 50. The van der Waals surface area contributed by atoms with Crippen molar-refractivity contribution >= 4 is 39.5 Å². The molecule has 0 aliphatic rings. The molecule has 0 radical (unpaired) electrons. The highest BCUT2D eigenvalue weighted by atomic mass is 31.2. The van der Waals surface area contributed by atoms with E-state index < -0.39 is 97.5 Å². The predicted octanol–water partition coefficient (Wildman–Crippen LogP) is 25.7. The number of hydrogen-bond acceptors (Lipinski definition) is 15. The molecule has 0 aliphatic carbocycles. The molecule has 0 aliphatic heterocycles. The Bertz CT molecular complexity index is 2010. The monoisotopic (exact) mass is 1520 g/mol. The van der Waals surface area contributed by atoms with Gasteiger partial charge in [-0.05, 0) is 43.4 Å². The summed E-state index contributed by atoms with van der Waals surface area (Å²) in [6.07, 6.45) is 65.2. The number of hydrogen-bond donors (Lipinski definition) is 3. The minimum Gasteiger partial charge on any atom is -0.462 e. The van der Waals surface area contributed by atoms with Crippen molar-refractivity contribution in [2.45, 2.75) is 465 Å². The van der Waals surface area contributed by atoms with Crippen LogP contribution < -0.4 is 0 Å². The van der Waals surface area contributed by atoms with E-state index in [-0.39, 0.29) is 25.7 Å². The molecule has 0 aromatic rings. The Morgan fingerprint density at radius 3 is 0.731 bits per heavy atom. The van der Waals surface area contributed by atoms with E-state index in [4.69, 9.17) is 37.0 Å². The first kappa shape index (κ1) is 102. The van der Waals surface area contributed by atoms with Crippen LogP contribution in [-0.2, 0) is 65.4 Å². The molecule has 3 unspecified atom stereocenters. The highest BCUT2D eigenvalue weighted by Gasteiger charge is 2.30. The molecule has 0 rings (SSSR count). The van der Waals surface area contributed by atoms with E-state index in [2.05, 4.69) is 48.5 Å². The largest absolute Gasteiger partial charge is 0.472 e. The maximum atomic E-state index is 13.1. The second-order valence-electron chi connectivity index (χ2n) is 31.8. The molecule has 0 aromatic heterocycles. The lowest BCUT2D eigenvalue weighted by atomic mass is 9.99. The van der Waals surface area contributed by atoms with Crippen molar-refractivity contribution < 1.29 is 80.2 Å². The quantitative estimate of drug-likeness (QED) is 0.0222. The smallest absolute Gasteiger partial charge is 0.462 e. The molecule has 0 fully saturated rings. The standard InChI is InChI=1S/C85H166O17P2/c1-8-10-11-12-13-14-15-31-38-45-52-59-66-82(87)95-73-81(102-85(90)69-62-55-48-41-34-36-43-50-57-64-77(5)6)75-100-104(93,94)98-71-79(86)70-97-103(91,92)99-74-80(72-96-83(88)67-60-53-46-39-32-27-24-20-21-25-29-35-42-49-56-63-76(3)4)101-84(89)68-61-54-47-40-33-28-23-19-17-16-18-22-26-30-37-44-51-58-65-78(7)9-2/h76-81,86H,8-75H2,1-7H3,(H,91,92)(H,93,94)/t78?,79-,80-,81-/m1/s1. The fourth-order valence-electron chi connectivity index (χ4n) is 13.2. The summed E-state index contributed by atoms with van der Waals surface area (Å²) in [5, 5.41) is 10.7. The number of phosphoric ester groups is 2. The topological polar surface area (TPSA) is 237 Å². The molecule has 0 saturated carbocycles. The zero-order valence-electron chi connectivity index (χ0n) is 68.5. The van der Waals surface area contributed by atoms with Crippen molar-refractivity contribution in [2.75, 3.05) is 39.6 Å². The lowest BCUT2D eigenvalue weighted by Crippen LogP contribution is -2.30. The summed E-state index contributed by atoms with van der Waals surface area (Å²) in [6.45, 7) is 12.0. The Morgan fingerprint density at radius 2 is 0.490 bits per heavy atom. The minimum absolute atomic E-state index is 0.106. The zero-order chi connectivity index (χ0) is 76.5. The van der Waals surface area contributed by atoms with Gasteiger partial charge in [-0.3, -0.25) is 37.3 Å². The Hall–Kier alpha value is -1.94. The Kier molecular flexibility index (Phi) is 73.7. The molecule has 0 heterocycles. The molecular formula is C85H166O17P2. The van der Waals surface area contributed by atoms with Crippen LogP contribution in [0.4, 0.5) is 0 Å². The second kappa shape index (κ2) is 75.1. The van der Waals surface area contributed by atoms with Gasteiger partial charge in [-0.1, -0.05) is 395 Å². The molecule has 618 valence electrons. The SMILES string of the molecule is CCCCCCCCCCCCCCC(=O)OC[C@H](COP(=O)(O)OC[C@H](O)COP(=O)(O)OC[C@@H](COC(=O)CCCCCCCCCCCCCCCCCC(C)C)OC(=O)CCCCCCCCCCCCCCCCCCCCC(C)CC)OC(=O)CCCCCCCCCCCC(C)C. The summed E-state index contributed by atoms with van der Waals surface area (Å²) in [7, 11) is -9.93. The van der Waals surface area contributed by atoms with Gasteiger partial charge in [-0.15, -0.1) is 0 Å². The van der Waals surface area contributed by atoms with Crippen LogP contribution in [0.3, 0.4) is 0 Å². The van der Waals surface area contributed by atoms with Gasteiger partial charge in [0.1, 0.15) is 19.3 Å². The van der Waals surface area contributed by atoms with Crippen LogP contribution in [0.1, 0.15) is 447 Å². The summed E-state index contributed by atoms with van der Waals surface area (Å²) in [5.74, 6) is 0.308. The van der Waals surface area contributed by atoms with Crippen LogP contribution >= 0.6 is 15.6 Å². The van der Waals surface area contributed by atoms with E-state index in [0.29, 0.717) is 25.7 Å². The zero-order valence-corrected chi connectivity index (χ0v) is 70.3. The number of carbonyl (C=O) groups excluding carboxylic acids is 4. The lowest BCUT2D eigenvalue weighted by molar-refractivity contribution is -0.161. The first-order chi connectivity index (χ1) is 50.3. The van der Waals surface area contributed by atoms with Crippen molar-refractivity contribution in [3.8, 4) is 0 Å². The Labute approximate surface area is 638 Å². The summed E-state index contributed by atoms with van der Waals surface area (Å²) in [4.78, 5) is 73.2. The van der Waals surface area contributed by atoms with Crippen molar-refractivity contribution in [1.29, 1.82) is 0 Å². The third-order valence-electron chi connectivity index (χ3n) is 20.2. The van der Waals surface area contributed by atoms with Crippen LogP contribution in [0.15, 0.2) is 0 Å². The number of aliphatic hydroxyl groups is 1. The van der Waals surface area contributed by atoms with Gasteiger partial charge in [-0.2, -0.15) is 0 Å². The molecule has 0 aromatic carbocycles. The summed E-state index contributed by atoms with van der Waals surface area (Å²) in [5.41, 5.74) is 0. The van der Waals surface area contributed by atoms with E-state index in [1.807, 2.05) is 0 Å². The van der Waals surface area contributed by atoms with Crippen molar-refractivity contribution in [3.05, 3.63) is 0 Å². The van der Waals surface area contributed by atoms with E-state index >= 15 is 0 Å². The first-order valence-corrected chi connectivity index (χ1v) is 46.9. The van der Waals surface area contributed by atoms with Crippen molar-refractivity contribution in [2.24, 2.45) is 17.8 Å². The van der Waals surface area contributed by atoms with Crippen LogP contribution in [0, 0.1) is 17.8 Å². The average Bonchev–Trinajstić information content (AvgIpc) is 0.905.